The number of hydrogen-bond donors (Lipinski definition) is 2. The zero-order valence-electron chi connectivity index (χ0n) is 17.1. The van der Waals surface area contributed by atoms with Gasteiger partial charge >= 0.3 is 5.97 Å². The van der Waals surface area contributed by atoms with Crippen LogP contribution in [0.4, 0.5) is 0 Å². The molecule has 0 spiro atoms. The zero-order valence-corrected chi connectivity index (χ0v) is 17.1. The molecule has 154 valence electrons. The van der Waals surface area contributed by atoms with E-state index in [1.165, 1.54) is 0 Å². The number of rotatable bonds is 11. The minimum absolute atomic E-state index is 0.0816. The van der Waals surface area contributed by atoms with E-state index in [0.717, 1.165) is 37.7 Å². The van der Waals surface area contributed by atoms with Crippen molar-refractivity contribution in [2.24, 2.45) is 0 Å². The minimum atomic E-state index is -0.933. The molecule has 2 N–H and O–H groups in total. The van der Waals surface area contributed by atoms with Gasteiger partial charge in [-0.25, -0.2) is 4.79 Å². The molecule has 0 radical (unpaired) electrons. The van der Waals surface area contributed by atoms with E-state index in [-0.39, 0.29) is 17.5 Å². The summed E-state index contributed by atoms with van der Waals surface area (Å²) >= 11 is 0. The fourth-order valence-corrected chi connectivity index (χ4v) is 3.68. The Morgan fingerprint density at radius 1 is 1.29 bits per heavy atom. The molecule has 0 aromatic heterocycles. The van der Waals surface area contributed by atoms with Crippen LogP contribution in [-0.4, -0.2) is 45.2 Å². The van der Waals surface area contributed by atoms with Crippen LogP contribution in [0.5, 0.6) is 0 Å². The molecule has 1 fully saturated rings. The number of aromatic carboxylic acids is 1. The van der Waals surface area contributed by atoms with Gasteiger partial charge in [-0.1, -0.05) is 51.0 Å². The molecule has 1 aromatic rings. The molecule has 1 aromatic carbocycles. The SMILES string of the molecule is CCCC[C@@](O)(CC)CC=C[C@@H]1CCC(=O)N1CCc1ccc(C(=O)O)cc1. The summed E-state index contributed by atoms with van der Waals surface area (Å²) in [6.45, 7) is 4.77. The Morgan fingerprint density at radius 2 is 2.00 bits per heavy atom. The van der Waals surface area contributed by atoms with Crippen LogP contribution in [0.15, 0.2) is 36.4 Å². The Hall–Kier alpha value is -2.14. The van der Waals surface area contributed by atoms with Gasteiger partial charge in [-0.05, 0) is 49.8 Å². The number of benzene rings is 1. The van der Waals surface area contributed by atoms with Crippen molar-refractivity contribution in [3.63, 3.8) is 0 Å². The molecule has 2 atom stereocenters. The summed E-state index contributed by atoms with van der Waals surface area (Å²) in [6, 6.07) is 6.90. The van der Waals surface area contributed by atoms with Gasteiger partial charge in [0.25, 0.3) is 0 Å². The Labute approximate surface area is 168 Å². The highest BCUT2D eigenvalue weighted by atomic mass is 16.4. The largest absolute Gasteiger partial charge is 0.478 e. The number of likely N-dealkylation sites (tertiary alicyclic amines) is 1. The summed E-state index contributed by atoms with van der Waals surface area (Å²) in [5, 5.41) is 19.7. The number of carboxylic acids is 1. The maximum Gasteiger partial charge on any atom is 0.335 e. The van der Waals surface area contributed by atoms with Gasteiger partial charge in [-0.3, -0.25) is 4.79 Å². The van der Waals surface area contributed by atoms with E-state index < -0.39 is 11.6 Å². The van der Waals surface area contributed by atoms with E-state index >= 15 is 0 Å². The van der Waals surface area contributed by atoms with Crippen LogP contribution in [0.2, 0.25) is 0 Å². The Kier molecular flexibility index (Phi) is 8.24. The summed E-state index contributed by atoms with van der Waals surface area (Å²) < 4.78 is 0. The Balaban J connectivity index is 1.92. The quantitative estimate of drug-likeness (QED) is 0.558. The van der Waals surface area contributed by atoms with Crippen molar-refractivity contribution in [3.05, 3.63) is 47.5 Å². The summed E-state index contributed by atoms with van der Waals surface area (Å²) in [6.07, 6.45) is 10.4. The molecule has 2 rings (SSSR count). The molecule has 1 saturated heterocycles. The first-order chi connectivity index (χ1) is 13.4. The molecule has 5 heteroatoms. The van der Waals surface area contributed by atoms with Crippen molar-refractivity contribution in [1.29, 1.82) is 0 Å². The van der Waals surface area contributed by atoms with Crippen molar-refractivity contribution >= 4 is 11.9 Å². The molecule has 0 bridgehead atoms. The predicted molar refractivity (Wildman–Crippen MR) is 110 cm³/mol. The number of nitrogens with zero attached hydrogens (tertiary/aromatic N) is 1. The van der Waals surface area contributed by atoms with Gasteiger partial charge in [0.05, 0.1) is 17.2 Å². The second-order valence-electron chi connectivity index (χ2n) is 7.76. The van der Waals surface area contributed by atoms with Crippen LogP contribution < -0.4 is 0 Å². The third kappa shape index (κ3) is 6.20. The Morgan fingerprint density at radius 3 is 2.61 bits per heavy atom. The van der Waals surface area contributed by atoms with Gasteiger partial charge in [-0.15, -0.1) is 0 Å². The van der Waals surface area contributed by atoms with E-state index in [1.807, 2.05) is 30.0 Å². The van der Waals surface area contributed by atoms with Crippen LogP contribution in [0, 0.1) is 0 Å². The second-order valence-corrected chi connectivity index (χ2v) is 7.76. The average molecular weight is 388 g/mol. The third-order valence-electron chi connectivity index (χ3n) is 5.73. The Bertz CT molecular complexity index is 682. The van der Waals surface area contributed by atoms with Crippen LogP contribution in [0.25, 0.3) is 0 Å². The number of carbonyl (C=O) groups excluding carboxylic acids is 1. The lowest BCUT2D eigenvalue weighted by Gasteiger charge is -2.26. The first-order valence-corrected chi connectivity index (χ1v) is 10.4. The monoisotopic (exact) mass is 387 g/mol. The van der Waals surface area contributed by atoms with Gasteiger partial charge < -0.3 is 15.1 Å². The lowest BCUT2D eigenvalue weighted by molar-refractivity contribution is -0.128. The number of carbonyl (C=O) groups is 2. The molecule has 1 aliphatic rings. The highest BCUT2D eigenvalue weighted by Crippen LogP contribution is 2.25. The maximum absolute atomic E-state index is 12.3. The summed E-state index contributed by atoms with van der Waals surface area (Å²) in [5.74, 6) is -0.772. The average Bonchev–Trinajstić information content (AvgIpc) is 3.04. The van der Waals surface area contributed by atoms with Gasteiger partial charge in [0.1, 0.15) is 0 Å². The highest BCUT2D eigenvalue weighted by molar-refractivity contribution is 5.87. The summed E-state index contributed by atoms with van der Waals surface area (Å²) in [4.78, 5) is 25.1. The molecule has 5 nitrogen and oxygen atoms in total. The number of amides is 1. The lowest BCUT2D eigenvalue weighted by Crippen LogP contribution is -2.34. The van der Waals surface area contributed by atoms with E-state index in [1.54, 1.807) is 12.1 Å². The second kappa shape index (κ2) is 10.4. The van der Waals surface area contributed by atoms with Crippen LogP contribution in [-0.2, 0) is 11.2 Å². The topological polar surface area (TPSA) is 77.8 Å². The summed E-state index contributed by atoms with van der Waals surface area (Å²) in [7, 11) is 0. The molecule has 28 heavy (non-hydrogen) atoms. The van der Waals surface area contributed by atoms with E-state index in [0.29, 0.717) is 25.8 Å². The fourth-order valence-electron chi connectivity index (χ4n) is 3.68. The third-order valence-corrected chi connectivity index (χ3v) is 5.73. The van der Waals surface area contributed by atoms with Gasteiger partial charge in [0.2, 0.25) is 5.91 Å². The van der Waals surface area contributed by atoms with Crippen LogP contribution in [0.3, 0.4) is 0 Å². The molecule has 0 aliphatic carbocycles. The minimum Gasteiger partial charge on any atom is -0.478 e. The predicted octanol–water partition coefficient (Wildman–Crippen LogP) is 4.20. The number of unbranched alkanes of at least 4 members (excludes halogenated alkanes) is 1. The number of hydrogen-bond acceptors (Lipinski definition) is 3. The highest BCUT2D eigenvalue weighted by Gasteiger charge is 2.29. The van der Waals surface area contributed by atoms with Crippen molar-refractivity contribution in [3.8, 4) is 0 Å². The molecule has 1 heterocycles. The molecule has 1 aliphatic heterocycles. The maximum atomic E-state index is 12.3. The first kappa shape index (κ1) is 22.2. The zero-order chi connectivity index (χ0) is 20.6. The van der Waals surface area contributed by atoms with Gasteiger partial charge in [0, 0.05) is 13.0 Å². The van der Waals surface area contributed by atoms with Crippen LogP contribution in [0.1, 0.15) is 74.7 Å². The lowest BCUT2D eigenvalue weighted by atomic mass is 9.90. The normalized spacial score (nSPS) is 19.3. The van der Waals surface area contributed by atoms with Crippen molar-refractivity contribution in [2.75, 3.05) is 6.54 Å². The van der Waals surface area contributed by atoms with E-state index in [4.69, 9.17) is 5.11 Å². The summed E-state index contributed by atoms with van der Waals surface area (Å²) in [5.41, 5.74) is 0.645. The van der Waals surface area contributed by atoms with Crippen molar-refractivity contribution < 1.29 is 19.8 Å². The standard InChI is InChI=1S/C23H33NO4/c1-3-5-15-23(28,4-2)16-6-7-20-12-13-21(25)24(20)17-14-18-8-10-19(11-9-18)22(26)27/h6-11,20,28H,3-5,12-17H2,1-2H3,(H,26,27)/t20-,23+/m1/s1. The first-order valence-electron chi connectivity index (χ1n) is 10.4. The molecule has 0 unspecified atom stereocenters. The van der Waals surface area contributed by atoms with E-state index in [2.05, 4.69) is 13.0 Å². The number of aliphatic hydroxyl groups is 1. The molecular weight excluding hydrogens is 354 g/mol. The molecule has 0 saturated carbocycles. The van der Waals surface area contributed by atoms with E-state index in [9.17, 15) is 14.7 Å². The molecule has 1 amide bonds. The van der Waals surface area contributed by atoms with Crippen LogP contribution >= 0.6 is 0 Å². The molecular formula is C23H33NO4. The van der Waals surface area contributed by atoms with Crippen molar-refractivity contribution in [2.45, 2.75) is 76.9 Å². The van der Waals surface area contributed by atoms with Gasteiger partial charge in [-0.2, -0.15) is 0 Å². The van der Waals surface area contributed by atoms with Crippen molar-refractivity contribution in [1.82, 2.24) is 4.90 Å². The smallest absolute Gasteiger partial charge is 0.335 e. The fraction of sp³-hybridized carbons (Fsp3) is 0.565. The number of carboxylic acid groups (broad SMARTS) is 1. The van der Waals surface area contributed by atoms with Gasteiger partial charge in [0.15, 0.2) is 0 Å².